The van der Waals surface area contributed by atoms with Crippen molar-refractivity contribution in [2.24, 2.45) is 5.92 Å². The van der Waals surface area contributed by atoms with Gasteiger partial charge in [0.25, 0.3) is 0 Å². The summed E-state index contributed by atoms with van der Waals surface area (Å²) >= 11 is 0. The van der Waals surface area contributed by atoms with Gasteiger partial charge in [-0.2, -0.15) is 5.26 Å². The summed E-state index contributed by atoms with van der Waals surface area (Å²) in [6.45, 7) is 6.38. The standard InChI is InChI=1S/C26H24N2O10/c1-10(2)25(35)38-26(5)23(36-11(3)29)19-17(22(34)24(26)37-12(4)30)16-18(28(19)9-27)21(33)15-13(20(16)32)7-6-8-14(15)31/h6-8,10,22-24,31,34H,1-5H3. The molecule has 2 aliphatic rings. The van der Waals surface area contributed by atoms with E-state index in [0.717, 1.165) is 13.8 Å². The summed E-state index contributed by atoms with van der Waals surface area (Å²) in [5, 5.41) is 32.0. The number of aliphatic hydroxyl groups excluding tert-OH is 1. The molecule has 0 amide bonds. The molecule has 0 saturated heterocycles. The van der Waals surface area contributed by atoms with Gasteiger partial charge in [0.15, 0.2) is 29.8 Å². The van der Waals surface area contributed by atoms with E-state index in [1.54, 1.807) is 6.19 Å². The highest BCUT2D eigenvalue weighted by Crippen LogP contribution is 2.52. The Kier molecular flexibility index (Phi) is 6.37. The van der Waals surface area contributed by atoms with Crippen LogP contribution in [-0.4, -0.2) is 56.0 Å². The smallest absolute Gasteiger partial charge is 0.309 e. The van der Waals surface area contributed by atoms with Gasteiger partial charge in [-0.25, -0.2) is 4.57 Å². The maximum Gasteiger partial charge on any atom is 0.309 e. The van der Waals surface area contributed by atoms with E-state index in [1.807, 2.05) is 0 Å². The van der Waals surface area contributed by atoms with Crippen molar-refractivity contribution in [3.8, 4) is 11.9 Å². The predicted octanol–water partition coefficient (Wildman–Crippen LogP) is 1.84. The SMILES string of the molecule is CC(=O)OC1c2c(c3c(n2C#N)C(=O)c2c(O)cccc2C3=O)C(O)C(OC(C)=O)C1(C)OC(=O)C(C)C. The highest BCUT2D eigenvalue weighted by molar-refractivity contribution is 6.29. The number of hydrogen-bond acceptors (Lipinski definition) is 11. The van der Waals surface area contributed by atoms with Gasteiger partial charge in [-0.1, -0.05) is 26.0 Å². The van der Waals surface area contributed by atoms with Gasteiger partial charge < -0.3 is 24.4 Å². The molecule has 1 aromatic heterocycles. The molecule has 2 aromatic rings. The van der Waals surface area contributed by atoms with Gasteiger partial charge in [0.1, 0.15) is 17.5 Å². The van der Waals surface area contributed by atoms with Crippen LogP contribution < -0.4 is 0 Å². The number of aromatic hydroxyl groups is 1. The Morgan fingerprint density at radius 1 is 1.08 bits per heavy atom. The average Bonchev–Trinajstić information content (AvgIpc) is 3.18. The van der Waals surface area contributed by atoms with E-state index in [1.165, 1.54) is 39.0 Å². The van der Waals surface area contributed by atoms with Crippen molar-refractivity contribution in [2.45, 2.75) is 58.5 Å². The molecule has 12 nitrogen and oxygen atoms in total. The summed E-state index contributed by atoms with van der Waals surface area (Å²) < 4.78 is 17.3. The van der Waals surface area contributed by atoms with Crippen LogP contribution in [0.15, 0.2) is 18.2 Å². The molecule has 1 heterocycles. The van der Waals surface area contributed by atoms with Crippen LogP contribution in [0.4, 0.5) is 0 Å². The van der Waals surface area contributed by atoms with E-state index in [2.05, 4.69) is 0 Å². The van der Waals surface area contributed by atoms with E-state index in [0.29, 0.717) is 4.57 Å². The van der Waals surface area contributed by atoms with Crippen molar-refractivity contribution in [3.63, 3.8) is 0 Å². The highest BCUT2D eigenvalue weighted by Gasteiger charge is 2.61. The first-order chi connectivity index (χ1) is 17.8. The summed E-state index contributed by atoms with van der Waals surface area (Å²) in [5.74, 6) is -5.49. The monoisotopic (exact) mass is 524 g/mol. The Bertz CT molecular complexity index is 1460. The number of carbonyl (C=O) groups is 5. The van der Waals surface area contributed by atoms with Crippen molar-refractivity contribution in [1.29, 1.82) is 5.26 Å². The zero-order valence-electron chi connectivity index (χ0n) is 21.1. The van der Waals surface area contributed by atoms with Crippen molar-refractivity contribution < 1.29 is 48.4 Å². The van der Waals surface area contributed by atoms with Crippen molar-refractivity contribution >= 4 is 29.5 Å². The van der Waals surface area contributed by atoms with Gasteiger partial charge in [-0.3, -0.25) is 24.0 Å². The number of nitriles is 1. The van der Waals surface area contributed by atoms with E-state index >= 15 is 0 Å². The van der Waals surface area contributed by atoms with E-state index in [4.69, 9.17) is 14.2 Å². The second kappa shape index (κ2) is 9.11. The number of benzene rings is 1. The normalized spacial score (nSPS) is 23.6. The lowest BCUT2D eigenvalue weighted by molar-refractivity contribution is -0.232. The molecule has 38 heavy (non-hydrogen) atoms. The second-order valence-electron chi connectivity index (χ2n) is 9.54. The Morgan fingerprint density at radius 2 is 1.71 bits per heavy atom. The molecule has 2 aliphatic carbocycles. The fraction of sp³-hybridized carbons (Fsp3) is 0.385. The Morgan fingerprint density at radius 3 is 2.26 bits per heavy atom. The lowest BCUT2D eigenvalue weighted by Gasteiger charge is -2.46. The molecular formula is C26H24N2O10. The van der Waals surface area contributed by atoms with Crippen LogP contribution >= 0.6 is 0 Å². The number of phenolic OH excluding ortho intramolecular Hbond substituents is 1. The lowest BCUT2D eigenvalue weighted by Crippen LogP contribution is -2.57. The fourth-order valence-electron chi connectivity index (χ4n) is 4.97. The van der Waals surface area contributed by atoms with Gasteiger partial charge in [0.2, 0.25) is 5.78 Å². The Labute approximate surface area is 216 Å². The second-order valence-corrected chi connectivity index (χ2v) is 9.54. The summed E-state index contributed by atoms with van der Waals surface area (Å²) in [7, 11) is 0. The molecule has 0 spiro atoms. The number of aliphatic hydroxyl groups is 1. The molecule has 4 unspecified atom stereocenters. The zero-order valence-corrected chi connectivity index (χ0v) is 21.1. The minimum absolute atomic E-state index is 0.180. The molecule has 0 fully saturated rings. The number of phenols is 1. The third-order valence-corrected chi connectivity index (χ3v) is 6.59. The molecule has 0 bridgehead atoms. The van der Waals surface area contributed by atoms with Gasteiger partial charge in [-0.15, -0.1) is 0 Å². The van der Waals surface area contributed by atoms with Crippen LogP contribution in [0.3, 0.4) is 0 Å². The topological polar surface area (TPSA) is 182 Å². The molecular weight excluding hydrogens is 500 g/mol. The summed E-state index contributed by atoms with van der Waals surface area (Å²) in [5.41, 5.74) is -4.11. The molecule has 1 aromatic carbocycles. The molecule has 2 N–H and O–H groups in total. The minimum atomic E-state index is -2.10. The molecule has 0 aliphatic heterocycles. The molecule has 0 saturated carbocycles. The first kappa shape index (κ1) is 26.6. The van der Waals surface area contributed by atoms with E-state index in [9.17, 15) is 39.4 Å². The Hall–Kier alpha value is -4.50. The van der Waals surface area contributed by atoms with Crippen molar-refractivity contribution in [2.75, 3.05) is 0 Å². The number of aromatic nitrogens is 1. The largest absolute Gasteiger partial charge is 0.507 e. The number of esters is 3. The van der Waals surface area contributed by atoms with Crippen molar-refractivity contribution in [3.05, 3.63) is 51.8 Å². The highest BCUT2D eigenvalue weighted by atomic mass is 16.6. The number of ether oxygens (including phenoxy) is 3. The van der Waals surface area contributed by atoms with Crippen molar-refractivity contribution in [1.82, 2.24) is 4.57 Å². The number of hydrogen-bond donors (Lipinski definition) is 2. The molecule has 4 atom stereocenters. The first-order valence-corrected chi connectivity index (χ1v) is 11.6. The lowest BCUT2D eigenvalue weighted by atomic mass is 9.74. The number of rotatable bonds is 4. The minimum Gasteiger partial charge on any atom is -0.507 e. The third kappa shape index (κ3) is 3.74. The summed E-state index contributed by atoms with van der Waals surface area (Å²) in [6, 6.07) is 3.84. The number of carbonyl (C=O) groups excluding carboxylic acids is 5. The van der Waals surface area contributed by atoms with Gasteiger partial charge in [-0.05, 0) is 13.0 Å². The zero-order chi connectivity index (χ0) is 28.3. The molecule has 0 radical (unpaired) electrons. The van der Waals surface area contributed by atoms with Crippen LogP contribution in [-0.2, 0) is 28.6 Å². The van der Waals surface area contributed by atoms with Crippen LogP contribution in [0.2, 0.25) is 0 Å². The van der Waals surface area contributed by atoms with E-state index < -0.39 is 70.7 Å². The quantitative estimate of drug-likeness (QED) is 0.375. The number of ketones is 2. The maximum atomic E-state index is 13.6. The van der Waals surface area contributed by atoms with Crippen LogP contribution in [0, 0.1) is 17.4 Å². The summed E-state index contributed by atoms with van der Waals surface area (Å²) in [6.07, 6.45) is -3.55. The van der Waals surface area contributed by atoms with Gasteiger partial charge >= 0.3 is 17.9 Å². The summed E-state index contributed by atoms with van der Waals surface area (Å²) in [4.78, 5) is 64.3. The first-order valence-electron chi connectivity index (χ1n) is 11.6. The average molecular weight is 524 g/mol. The van der Waals surface area contributed by atoms with Crippen LogP contribution in [0.25, 0.3) is 0 Å². The molecule has 12 heteroatoms. The third-order valence-electron chi connectivity index (χ3n) is 6.59. The molecule has 4 rings (SSSR count). The molecule has 198 valence electrons. The van der Waals surface area contributed by atoms with Crippen LogP contribution in [0.5, 0.6) is 5.75 Å². The fourth-order valence-corrected chi connectivity index (χ4v) is 4.97. The number of nitrogens with zero attached hydrogens (tertiary/aromatic N) is 2. The van der Waals surface area contributed by atoms with E-state index in [-0.39, 0.29) is 27.9 Å². The van der Waals surface area contributed by atoms with Crippen LogP contribution in [0.1, 0.15) is 90.1 Å². The van der Waals surface area contributed by atoms with Gasteiger partial charge in [0.05, 0.1) is 22.7 Å². The predicted molar refractivity (Wildman–Crippen MR) is 125 cm³/mol. The maximum absolute atomic E-state index is 13.6. The Balaban J connectivity index is 2.11. The number of fused-ring (bicyclic) bond motifs is 4. The van der Waals surface area contributed by atoms with Gasteiger partial charge in [0, 0.05) is 25.0 Å².